The summed E-state index contributed by atoms with van der Waals surface area (Å²) in [6, 6.07) is 0. The molecule has 0 aromatic carbocycles. The molecule has 1 heterocycles. The van der Waals surface area contributed by atoms with Crippen molar-refractivity contribution in [2.75, 3.05) is 0 Å². The van der Waals surface area contributed by atoms with Crippen LogP contribution in [0.25, 0.3) is 0 Å². The Morgan fingerprint density at radius 3 is 2.42 bits per heavy atom. The monoisotopic (exact) mass is 270 g/mol. The van der Waals surface area contributed by atoms with E-state index in [-0.39, 0.29) is 13.0 Å². The molecule has 1 aromatic heterocycles. The van der Waals surface area contributed by atoms with Gasteiger partial charge >= 0.3 is 17.6 Å². The first-order chi connectivity index (χ1) is 8.91. The molecule has 1 aromatic rings. The summed E-state index contributed by atoms with van der Waals surface area (Å²) in [5, 5.41) is 17.2. The molecule has 0 radical (unpaired) electrons. The Morgan fingerprint density at radius 1 is 1.16 bits per heavy atom. The van der Waals surface area contributed by atoms with Gasteiger partial charge in [0, 0.05) is 19.2 Å². The number of hydrogen-bond donors (Lipinski definition) is 3. The van der Waals surface area contributed by atoms with Crippen LogP contribution in [0.5, 0.6) is 0 Å². The normalized spacial score (nSPS) is 10.3. The maximum Gasteiger partial charge on any atom is 0.342 e. The van der Waals surface area contributed by atoms with Crippen molar-refractivity contribution >= 4 is 11.9 Å². The number of aromatic carboxylic acids is 1. The molecule has 0 atom stereocenters. The van der Waals surface area contributed by atoms with E-state index in [0.717, 1.165) is 10.8 Å². The van der Waals surface area contributed by atoms with Gasteiger partial charge < -0.3 is 10.2 Å². The standard InChI is InChI=1S/C11H14N2O6/c14-8(15)4-2-1-3-5-13-6-7(10(17)18)9(16)12-11(13)19/h6H,1-5H2,(H,14,15)(H,17,18)(H,12,16,19). The van der Waals surface area contributed by atoms with Crippen LogP contribution >= 0.6 is 0 Å². The summed E-state index contributed by atoms with van der Waals surface area (Å²) in [4.78, 5) is 45.5. The van der Waals surface area contributed by atoms with E-state index in [1.807, 2.05) is 4.98 Å². The maximum absolute atomic E-state index is 11.4. The second-order valence-corrected chi connectivity index (χ2v) is 4.00. The molecule has 1 rings (SSSR count). The lowest BCUT2D eigenvalue weighted by Gasteiger charge is -2.05. The highest BCUT2D eigenvalue weighted by Crippen LogP contribution is 2.01. The number of hydrogen-bond acceptors (Lipinski definition) is 4. The number of nitrogens with one attached hydrogen (secondary N) is 1. The van der Waals surface area contributed by atoms with Crippen LogP contribution in [0.15, 0.2) is 15.8 Å². The zero-order valence-corrected chi connectivity index (χ0v) is 10.1. The number of H-pyrrole nitrogens is 1. The Labute approximate surface area is 107 Å². The van der Waals surface area contributed by atoms with Crippen molar-refractivity contribution in [2.45, 2.75) is 32.2 Å². The van der Waals surface area contributed by atoms with Crippen molar-refractivity contribution < 1.29 is 19.8 Å². The van der Waals surface area contributed by atoms with Crippen LogP contribution < -0.4 is 11.2 Å². The summed E-state index contributed by atoms with van der Waals surface area (Å²) in [7, 11) is 0. The lowest BCUT2D eigenvalue weighted by Crippen LogP contribution is -2.33. The predicted octanol–water partition coefficient (Wildman–Crippen LogP) is -0.120. The molecule has 0 saturated heterocycles. The number of carboxylic acid groups (broad SMARTS) is 2. The average molecular weight is 270 g/mol. The van der Waals surface area contributed by atoms with Crippen LogP contribution in [-0.4, -0.2) is 31.7 Å². The molecule has 3 N–H and O–H groups in total. The number of rotatable bonds is 7. The van der Waals surface area contributed by atoms with Gasteiger partial charge in [-0.1, -0.05) is 6.42 Å². The van der Waals surface area contributed by atoms with Gasteiger partial charge in [0.2, 0.25) is 0 Å². The number of carboxylic acids is 2. The minimum atomic E-state index is -1.40. The third-order valence-corrected chi connectivity index (χ3v) is 2.53. The first-order valence-corrected chi connectivity index (χ1v) is 5.70. The summed E-state index contributed by atoms with van der Waals surface area (Å²) in [5.74, 6) is -2.28. The summed E-state index contributed by atoms with van der Waals surface area (Å²) in [6.07, 6.45) is 2.67. The summed E-state index contributed by atoms with van der Waals surface area (Å²) < 4.78 is 1.10. The molecule has 0 aliphatic rings. The number of carbonyl (C=O) groups is 2. The van der Waals surface area contributed by atoms with Crippen LogP contribution in [0.2, 0.25) is 0 Å². The van der Waals surface area contributed by atoms with E-state index in [4.69, 9.17) is 10.2 Å². The molecule has 0 bridgehead atoms. The van der Waals surface area contributed by atoms with Crippen LogP contribution in [0.3, 0.4) is 0 Å². The van der Waals surface area contributed by atoms with Gasteiger partial charge in [0.05, 0.1) is 0 Å². The van der Waals surface area contributed by atoms with E-state index in [9.17, 15) is 19.2 Å². The fourth-order valence-electron chi connectivity index (χ4n) is 1.56. The van der Waals surface area contributed by atoms with Crippen molar-refractivity contribution in [1.29, 1.82) is 0 Å². The Bertz CT molecular complexity index is 586. The number of unbranched alkanes of at least 4 members (excludes halogenated alkanes) is 2. The number of aliphatic carboxylic acids is 1. The fourth-order valence-corrected chi connectivity index (χ4v) is 1.56. The topological polar surface area (TPSA) is 129 Å². The Morgan fingerprint density at radius 2 is 1.84 bits per heavy atom. The van der Waals surface area contributed by atoms with Gasteiger partial charge in [-0.2, -0.15) is 0 Å². The highest BCUT2D eigenvalue weighted by molar-refractivity contribution is 5.86. The zero-order valence-electron chi connectivity index (χ0n) is 10.1. The molecule has 104 valence electrons. The molecule has 0 amide bonds. The van der Waals surface area contributed by atoms with Crippen molar-refractivity contribution in [2.24, 2.45) is 0 Å². The molecule has 0 fully saturated rings. The lowest BCUT2D eigenvalue weighted by molar-refractivity contribution is -0.137. The molecule has 0 aliphatic carbocycles. The van der Waals surface area contributed by atoms with Gasteiger partial charge in [-0.3, -0.25) is 19.1 Å². The van der Waals surface area contributed by atoms with E-state index in [0.29, 0.717) is 19.3 Å². The largest absolute Gasteiger partial charge is 0.481 e. The molecule has 0 unspecified atom stereocenters. The minimum absolute atomic E-state index is 0.0564. The number of aromatic amines is 1. The van der Waals surface area contributed by atoms with Gasteiger partial charge in [-0.25, -0.2) is 9.59 Å². The number of aryl methyl sites for hydroxylation is 1. The predicted molar refractivity (Wildman–Crippen MR) is 64.4 cm³/mol. The maximum atomic E-state index is 11.4. The van der Waals surface area contributed by atoms with Gasteiger partial charge in [-0.15, -0.1) is 0 Å². The third-order valence-electron chi connectivity index (χ3n) is 2.53. The van der Waals surface area contributed by atoms with Crippen LogP contribution in [0.4, 0.5) is 0 Å². The van der Waals surface area contributed by atoms with Gasteiger partial charge in [-0.05, 0) is 12.8 Å². The lowest BCUT2D eigenvalue weighted by atomic mass is 10.2. The molecule has 0 aliphatic heterocycles. The van der Waals surface area contributed by atoms with E-state index in [1.54, 1.807) is 0 Å². The molecule has 19 heavy (non-hydrogen) atoms. The number of aromatic nitrogens is 2. The highest BCUT2D eigenvalue weighted by Gasteiger charge is 2.11. The Kier molecular flexibility index (Phi) is 5.04. The fraction of sp³-hybridized carbons (Fsp3) is 0.455. The summed E-state index contributed by atoms with van der Waals surface area (Å²) in [5.41, 5.74) is -2.10. The van der Waals surface area contributed by atoms with E-state index in [1.165, 1.54) is 0 Å². The summed E-state index contributed by atoms with van der Waals surface area (Å²) >= 11 is 0. The minimum Gasteiger partial charge on any atom is -0.481 e. The second-order valence-electron chi connectivity index (χ2n) is 4.00. The van der Waals surface area contributed by atoms with Crippen molar-refractivity contribution in [3.63, 3.8) is 0 Å². The molecular weight excluding hydrogens is 256 g/mol. The number of nitrogens with zero attached hydrogens (tertiary/aromatic N) is 1. The van der Waals surface area contributed by atoms with Crippen molar-refractivity contribution in [3.05, 3.63) is 32.6 Å². The van der Waals surface area contributed by atoms with Crippen LogP contribution in [0.1, 0.15) is 36.0 Å². The second kappa shape index (κ2) is 6.53. The van der Waals surface area contributed by atoms with E-state index < -0.39 is 28.8 Å². The summed E-state index contributed by atoms with van der Waals surface area (Å²) in [6.45, 7) is 0.232. The molecule has 0 saturated carbocycles. The average Bonchev–Trinajstić information content (AvgIpc) is 2.30. The first kappa shape index (κ1) is 14.7. The first-order valence-electron chi connectivity index (χ1n) is 5.70. The van der Waals surface area contributed by atoms with Crippen molar-refractivity contribution in [3.8, 4) is 0 Å². The van der Waals surface area contributed by atoms with Crippen LogP contribution in [0, 0.1) is 0 Å². The van der Waals surface area contributed by atoms with Crippen LogP contribution in [-0.2, 0) is 11.3 Å². The molecule has 8 nitrogen and oxygen atoms in total. The van der Waals surface area contributed by atoms with E-state index in [2.05, 4.69) is 0 Å². The van der Waals surface area contributed by atoms with Gasteiger partial charge in [0.1, 0.15) is 5.56 Å². The highest BCUT2D eigenvalue weighted by atomic mass is 16.4. The zero-order chi connectivity index (χ0) is 14.4. The third kappa shape index (κ3) is 4.41. The molecule has 8 heteroatoms. The quantitative estimate of drug-likeness (QED) is 0.592. The van der Waals surface area contributed by atoms with Crippen molar-refractivity contribution in [1.82, 2.24) is 9.55 Å². The Hall–Kier alpha value is -2.38. The van der Waals surface area contributed by atoms with Gasteiger partial charge in [0.15, 0.2) is 0 Å². The Balaban J connectivity index is 2.66. The molecular formula is C11H14N2O6. The van der Waals surface area contributed by atoms with Gasteiger partial charge in [0.25, 0.3) is 5.56 Å². The molecule has 0 spiro atoms. The van der Waals surface area contributed by atoms with E-state index >= 15 is 0 Å². The smallest absolute Gasteiger partial charge is 0.342 e. The SMILES string of the molecule is O=C(O)CCCCCn1cc(C(=O)O)c(=O)[nH]c1=O.